The van der Waals surface area contributed by atoms with Gasteiger partial charge in [-0.1, -0.05) is 41.4 Å². The molecule has 2 aromatic rings. The Morgan fingerprint density at radius 1 is 1.16 bits per heavy atom. The Morgan fingerprint density at radius 2 is 2.00 bits per heavy atom. The van der Waals surface area contributed by atoms with Gasteiger partial charge in [-0.15, -0.1) is 0 Å². The quantitative estimate of drug-likeness (QED) is 0.885. The molecule has 132 valence electrons. The number of hydrogen-bond acceptors (Lipinski definition) is 3. The average Bonchev–Trinajstić information content (AvgIpc) is 2.81. The number of hydrogen-bond donors (Lipinski definition) is 1. The standard InChI is InChI=1S/C20H22ClNO3/c1-14-4-2-5-15(10-14)6-7-22-19(23)13-16-11-17(21)20-18(12-16)24-8-3-9-25-20/h2,4-5,10-12H,3,6-9,13H2,1H3,(H,22,23). The molecule has 1 heterocycles. The summed E-state index contributed by atoms with van der Waals surface area (Å²) in [5, 5.41) is 3.44. The molecule has 0 unspecified atom stereocenters. The van der Waals surface area contributed by atoms with Crippen LogP contribution in [0.3, 0.4) is 0 Å². The van der Waals surface area contributed by atoms with E-state index in [1.165, 1.54) is 11.1 Å². The first kappa shape index (κ1) is 17.6. The van der Waals surface area contributed by atoms with Gasteiger partial charge < -0.3 is 14.8 Å². The van der Waals surface area contributed by atoms with Crippen LogP contribution in [-0.4, -0.2) is 25.7 Å². The lowest BCUT2D eigenvalue weighted by Crippen LogP contribution is -2.27. The molecular formula is C20H22ClNO3. The van der Waals surface area contributed by atoms with Gasteiger partial charge in [0.05, 0.1) is 24.7 Å². The van der Waals surface area contributed by atoms with Gasteiger partial charge in [0.25, 0.3) is 0 Å². The molecule has 0 radical (unpaired) electrons. The second-order valence-electron chi connectivity index (χ2n) is 6.22. The van der Waals surface area contributed by atoms with Crippen LogP contribution in [0.5, 0.6) is 11.5 Å². The molecule has 1 aliphatic heterocycles. The van der Waals surface area contributed by atoms with Crippen LogP contribution in [0, 0.1) is 6.92 Å². The predicted molar refractivity (Wildman–Crippen MR) is 98.7 cm³/mol. The van der Waals surface area contributed by atoms with Gasteiger partial charge in [0, 0.05) is 13.0 Å². The number of rotatable bonds is 5. The topological polar surface area (TPSA) is 47.6 Å². The Labute approximate surface area is 153 Å². The Morgan fingerprint density at radius 3 is 2.84 bits per heavy atom. The van der Waals surface area contributed by atoms with Gasteiger partial charge >= 0.3 is 0 Å². The van der Waals surface area contributed by atoms with E-state index in [1.807, 2.05) is 12.1 Å². The fourth-order valence-corrected chi connectivity index (χ4v) is 3.14. The Balaban J connectivity index is 1.56. The zero-order chi connectivity index (χ0) is 17.6. The number of carbonyl (C=O) groups is 1. The highest BCUT2D eigenvalue weighted by Gasteiger charge is 2.16. The summed E-state index contributed by atoms with van der Waals surface area (Å²) in [5.74, 6) is 1.16. The zero-order valence-corrected chi connectivity index (χ0v) is 15.1. The summed E-state index contributed by atoms with van der Waals surface area (Å²) in [5.41, 5.74) is 3.27. The molecule has 0 spiro atoms. The largest absolute Gasteiger partial charge is 0.489 e. The number of aryl methyl sites for hydroxylation is 1. The first-order valence-corrected chi connectivity index (χ1v) is 8.90. The van der Waals surface area contributed by atoms with Crippen molar-refractivity contribution in [2.24, 2.45) is 0 Å². The molecule has 0 bridgehead atoms. The van der Waals surface area contributed by atoms with E-state index in [0.717, 1.165) is 18.4 Å². The van der Waals surface area contributed by atoms with Gasteiger partial charge in [0.1, 0.15) is 0 Å². The van der Waals surface area contributed by atoms with Crippen molar-refractivity contribution in [2.45, 2.75) is 26.2 Å². The number of nitrogens with one attached hydrogen (secondary N) is 1. The van der Waals surface area contributed by atoms with Crippen LogP contribution < -0.4 is 14.8 Å². The lowest BCUT2D eigenvalue weighted by molar-refractivity contribution is -0.120. The van der Waals surface area contributed by atoms with E-state index in [4.69, 9.17) is 21.1 Å². The van der Waals surface area contributed by atoms with Gasteiger partial charge in [-0.3, -0.25) is 4.79 Å². The van der Waals surface area contributed by atoms with Gasteiger partial charge in [-0.25, -0.2) is 0 Å². The first-order chi connectivity index (χ1) is 12.1. The van der Waals surface area contributed by atoms with Crippen LogP contribution in [0.4, 0.5) is 0 Å². The summed E-state index contributed by atoms with van der Waals surface area (Å²) in [6, 6.07) is 11.9. The lowest BCUT2D eigenvalue weighted by Gasteiger charge is -2.12. The molecule has 0 atom stereocenters. The summed E-state index contributed by atoms with van der Waals surface area (Å²) >= 11 is 6.27. The second-order valence-corrected chi connectivity index (χ2v) is 6.63. The SMILES string of the molecule is Cc1cccc(CCNC(=O)Cc2cc(Cl)c3c(c2)OCCCO3)c1. The highest BCUT2D eigenvalue weighted by molar-refractivity contribution is 6.32. The molecule has 3 rings (SSSR count). The van der Waals surface area contributed by atoms with E-state index < -0.39 is 0 Å². The van der Waals surface area contributed by atoms with E-state index in [9.17, 15) is 4.79 Å². The molecule has 4 nitrogen and oxygen atoms in total. The second kappa shape index (κ2) is 8.26. The van der Waals surface area contributed by atoms with Crippen molar-refractivity contribution in [3.63, 3.8) is 0 Å². The minimum Gasteiger partial charge on any atom is -0.489 e. The summed E-state index contributed by atoms with van der Waals surface area (Å²) in [7, 11) is 0. The molecule has 0 aromatic heterocycles. The van der Waals surface area contributed by atoms with Crippen LogP contribution in [0.2, 0.25) is 5.02 Å². The van der Waals surface area contributed by atoms with Gasteiger partial charge in [-0.2, -0.15) is 0 Å². The summed E-state index contributed by atoms with van der Waals surface area (Å²) in [6.07, 6.45) is 1.90. The molecule has 0 saturated carbocycles. The highest BCUT2D eigenvalue weighted by atomic mass is 35.5. The number of ether oxygens (including phenoxy) is 2. The molecule has 2 aromatic carbocycles. The van der Waals surface area contributed by atoms with E-state index in [1.54, 1.807) is 6.07 Å². The number of benzene rings is 2. The number of carbonyl (C=O) groups excluding carboxylic acids is 1. The smallest absolute Gasteiger partial charge is 0.224 e. The van der Waals surface area contributed by atoms with Crippen molar-refractivity contribution in [3.8, 4) is 11.5 Å². The van der Waals surface area contributed by atoms with E-state index in [-0.39, 0.29) is 12.3 Å². The number of fused-ring (bicyclic) bond motifs is 1. The van der Waals surface area contributed by atoms with Crippen molar-refractivity contribution in [3.05, 3.63) is 58.1 Å². The molecule has 1 aliphatic rings. The molecule has 1 amide bonds. The van der Waals surface area contributed by atoms with Crippen molar-refractivity contribution in [1.29, 1.82) is 0 Å². The van der Waals surface area contributed by atoms with Gasteiger partial charge in [0.15, 0.2) is 11.5 Å². The lowest BCUT2D eigenvalue weighted by atomic mass is 10.1. The third-order valence-electron chi connectivity index (χ3n) is 4.04. The molecule has 0 aliphatic carbocycles. The fraction of sp³-hybridized carbons (Fsp3) is 0.350. The summed E-state index contributed by atoms with van der Waals surface area (Å²) < 4.78 is 11.3. The third kappa shape index (κ3) is 4.89. The van der Waals surface area contributed by atoms with E-state index in [2.05, 4.69) is 30.4 Å². The minimum absolute atomic E-state index is 0.0294. The zero-order valence-electron chi connectivity index (χ0n) is 14.3. The summed E-state index contributed by atoms with van der Waals surface area (Å²) in [4.78, 5) is 12.2. The van der Waals surface area contributed by atoms with Gasteiger partial charge in [0.2, 0.25) is 5.91 Å². The van der Waals surface area contributed by atoms with E-state index in [0.29, 0.717) is 36.3 Å². The molecule has 25 heavy (non-hydrogen) atoms. The Bertz CT molecular complexity index is 761. The van der Waals surface area contributed by atoms with Crippen molar-refractivity contribution >= 4 is 17.5 Å². The average molecular weight is 360 g/mol. The van der Waals surface area contributed by atoms with Crippen LogP contribution in [0.1, 0.15) is 23.1 Å². The predicted octanol–water partition coefficient (Wildman–Crippen LogP) is 3.71. The third-order valence-corrected chi connectivity index (χ3v) is 4.33. The van der Waals surface area contributed by atoms with Crippen LogP contribution >= 0.6 is 11.6 Å². The maximum atomic E-state index is 12.2. The van der Waals surface area contributed by atoms with Crippen LogP contribution in [-0.2, 0) is 17.6 Å². The fourth-order valence-electron chi connectivity index (χ4n) is 2.85. The van der Waals surface area contributed by atoms with Crippen LogP contribution in [0.15, 0.2) is 36.4 Å². The van der Waals surface area contributed by atoms with Gasteiger partial charge in [-0.05, 0) is 36.6 Å². The first-order valence-electron chi connectivity index (χ1n) is 8.52. The molecule has 5 heteroatoms. The van der Waals surface area contributed by atoms with Crippen molar-refractivity contribution in [2.75, 3.05) is 19.8 Å². The molecular weight excluding hydrogens is 338 g/mol. The number of amides is 1. The molecule has 0 saturated heterocycles. The monoisotopic (exact) mass is 359 g/mol. The van der Waals surface area contributed by atoms with Crippen molar-refractivity contribution in [1.82, 2.24) is 5.32 Å². The Hall–Kier alpha value is -2.20. The normalized spacial score (nSPS) is 13.2. The molecule has 1 N–H and O–H groups in total. The highest BCUT2D eigenvalue weighted by Crippen LogP contribution is 2.38. The molecule has 0 fully saturated rings. The number of halogens is 1. The maximum Gasteiger partial charge on any atom is 0.224 e. The van der Waals surface area contributed by atoms with Crippen molar-refractivity contribution < 1.29 is 14.3 Å². The van der Waals surface area contributed by atoms with Crippen LogP contribution in [0.25, 0.3) is 0 Å². The Kier molecular flexibility index (Phi) is 5.82. The summed E-state index contributed by atoms with van der Waals surface area (Å²) in [6.45, 7) is 3.86. The van der Waals surface area contributed by atoms with E-state index >= 15 is 0 Å². The minimum atomic E-state index is -0.0294. The maximum absolute atomic E-state index is 12.2.